The second-order valence-corrected chi connectivity index (χ2v) is 6.48. The van der Waals surface area contributed by atoms with Crippen molar-refractivity contribution in [2.45, 2.75) is 4.90 Å². The smallest absolute Gasteiger partial charge is 0.264 e. The molecule has 2 aromatic carbocycles. The summed E-state index contributed by atoms with van der Waals surface area (Å²) in [5.41, 5.74) is 0.163. The molecule has 0 saturated carbocycles. The van der Waals surface area contributed by atoms with Gasteiger partial charge in [0.1, 0.15) is 0 Å². The Balaban J connectivity index is 2.53. The minimum absolute atomic E-state index is 0.00812. The van der Waals surface area contributed by atoms with Crippen LogP contribution in [0, 0.1) is 0 Å². The van der Waals surface area contributed by atoms with Crippen molar-refractivity contribution in [3.05, 3.63) is 59.6 Å². The Labute approximate surface area is 127 Å². The van der Waals surface area contributed by atoms with Crippen LogP contribution in [0.1, 0.15) is 0 Å². The van der Waals surface area contributed by atoms with E-state index >= 15 is 0 Å². The van der Waals surface area contributed by atoms with Crippen molar-refractivity contribution in [3.63, 3.8) is 0 Å². The highest BCUT2D eigenvalue weighted by molar-refractivity contribution is 7.92. The lowest BCUT2D eigenvalue weighted by atomic mass is 10.3. The van der Waals surface area contributed by atoms with E-state index in [1.165, 1.54) is 24.3 Å². The average molecular weight is 325 g/mol. The van der Waals surface area contributed by atoms with Crippen molar-refractivity contribution in [1.82, 2.24) is 0 Å². The maximum absolute atomic E-state index is 12.6. The fourth-order valence-electron chi connectivity index (χ4n) is 1.78. The molecule has 0 radical (unpaired) electrons. The second-order valence-electron chi connectivity index (χ2n) is 4.18. The van der Waals surface area contributed by atoms with Gasteiger partial charge in [-0.3, -0.25) is 4.31 Å². The maximum atomic E-state index is 12.6. The van der Waals surface area contributed by atoms with Gasteiger partial charge in [0.05, 0.1) is 23.1 Å². The topological polar surface area (TPSA) is 77.5 Å². The van der Waals surface area contributed by atoms with E-state index in [9.17, 15) is 18.3 Å². The van der Waals surface area contributed by atoms with Gasteiger partial charge < -0.3 is 9.90 Å². The Hall–Kier alpha value is -2.05. The van der Waals surface area contributed by atoms with Crippen LogP contribution in [-0.4, -0.2) is 20.9 Å². The zero-order valence-electron chi connectivity index (χ0n) is 10.8. The molecule has 0 saturated heterocycles. The summed E-state index contributed by atoms with van der Waals surface area (Å²) in [6.07, 6.45) is 0. The van der Waals surface area contributed by atoms with Gasteiger partial charge in [0.2, 0.25) is 0 Å². The van der Waals surface area contributed by atoms with Gasteiger partial charge in [-0.15, -0.1) is 0 Å². The quantitative estimate of drug-likeness (QED) is 0.830. The summed E-state index contributed by atoms with van der Waals surface area (Å²) in [6, 6.07) is 13.5. The van der Waals surface area contributed by atoms with E-state index in [0.29, 0.717) is 5.02 Å². The number of anilines is 1. The highest BCUT2D eigenvalue weighted by atomic mass is 35.5. The number of hydrogen-bond donors (Lipinski definition) is 0. The molecule has 7 heteroatoms. The Morgan fingerprint density at radius 3 is 2.33 bits per heavy atom. The molecule has 0 heterocycles. The molecule has 0 N–H and O–H groups in total. The minimum atomic E-state index is -4.01. The molecular weight excluding hydrogens is 314 g/mol. The zero-order chi connectivity index (χ0) is 15.5. The SMILES string of the molecule is O=C([O-])CN(c1cccc(Cl)c1)S(=O)(=O)c1ccccc1. The molecule has 0 aromatic heterocycles. The minimum Gasteiger partial charge on any atom is -0.548 e. The fraction of sp³-hybridized carbons (Fsp3) is 0.0714. The lowest BCUT2D eigenvalue weighted by Gasteiger charge is -2.25. The fourth-order valence-corrected chi connectivity index (χ4v) is 3.39. The van der Waals surface area contributed by atoms with E-state index in [-0.39, 0.29) is 10.6 Å². The van der Waals surface area contributed by atoms with Crippen molar-refractivity contribution >= 4 is 33.3 Å². The number of carboxylic acid groups (broad SMARTS) is 1. The molecule has 5 nitrogen and oxygen atoms in total. The number of aliphatic carboxylic acids is 1. The van der Waals surface area contributed by atoms with E-state index in [1.54, 1.807) is 30.3 Å². The number of carbonyl (C=O) groups excluding carboxylic acids is 1. The highest BCUT2D eigenvalue weighted by Crippen LogP contribution is 2.25. The average Bonchev–Trinajstić information content (AvgIpc) is 2.45. The first-order valence-electron chi connectivity index (χ1n) is 5.94. The van der Waals surface area contributed by atoms with E-state index in [4.69, 9.17) is 11.6 Å². The van der Waals surface area contributed by atoms with Gasteiger partial charge in [-0.1, -0.05) is 35.9 Å². The normalized spacial score (nSPS) is 11.1. The van der Waals surface area contributed by atoms with Crippen LogP contribution in [0.4, 0.5) is 5.69 Å². The molecule has 2 aromatic rings. The van der Waals surface area contributed by atoms with Gasteiger partial charge in [0.25, 0.3) is 10.0 Å². The van der Waals surface area contributed by atoms with Crippen molar-refractivity contribution < 1.29 is 18.3 Å². The summed E-state index contributed by atoms with van der Waals surface area (Å²) in [5, 5.41) is 11.2. The molecule has 0 unspecified atom stereocenters. The van der Waals surface area contributed by atoms with Crippen LogP contribution in [0.5, 0.6) is 0 Å². The van der Waals surface area contributed by atoms with E-state index in [1.807, 2.05) is 0 Å². The number of benzene rings is 2. The Bertz CT molecular complexity index is 747. The van der Waals surface area contributed by atoms with Crippen molar-refractivity contribution in [3.8, 4) is 0 Å². The Morgan fingerprint density at radius 1 is 1.10 bits per heavy atom. The summed E-state index contributed by atoms with van der Waals surface area (Å²) in [5.74, 6) is -1.51. The summed E-state index contributed by atoms with van der Waals surface area (Å²) in [7, 11) is -4.01. The first kappa shape index (κ1) is 15.3. The van der Waals surface area contributed by atoms with Crippen LogP contribution < -0.4 is 9.41 Å². The van der Waals surface area contributed by atoms with Crippen molar-refractivity contribution in [2.24, 2.45) is 0 Å². The van der Waals surface area contributed by atoms with Gasteiger partial charge in [0, 0.05) is 5.02 Å². The number of carbonyl (C=O) groups is 1. The summed E-state index contributed by atoms with van der Waals surface area (Å²) in [6.45, 7) is -0.794. The lowest BCUT2D eigenvalue weighted by molar-refractivity contribution is -0.303. The lowest BCUT2D eigenvalue weighted by Crippen LogP contribution is -2.41. The van der Waals surface area contributed by atoms with Gasteiger partial charge in [-0.2, -0.15) is 0 Å². The van der Waals surface area contributed by atoms with Gasteiger partial charge >= 0.3 is 0 Å². The molecule has 110 valence electrons. The molecular formula is C14H11ClNO4S-. The summed E-state index contributed by atoms with van der Waals surface area (Å²) in [4.78, 5) is 10.9. The van der Waals surface area contributed by atoms with Crippen LogP contribution in [0.15, 0.2) is 59.5 Å². The number of halogens is 1. The number of sulfonamides is 1. The Morgan fingerprint density at radius 2 is 1.76 bits per heavy atom. The number of carboxylic acids is 1. The molecule has 0 fully saturated rings. The van der Waals surface area contributed by atoms with E-state index in [0.717, 1.165) is 4.31 Å². The molecule has 0 amide bonds. The maximum Gasteiger partial charge on any atom is 0.264 e. The van der Waals surface area contributed by atoms with Gasteiger partial charge in [0.15, 0.2) is 0 Å². The largest absolute Gasteiger partial charge is 0.548 e. The first-order chi connectivity index (χ1) is 9.91. The predicted molar refractivity (Wildman–Crippen MR) is 77.4 cm³/mol. The molecule has 0 atom stereocenters. The standard InChI is InChI=1S/C14H12ClNO4S/c15-11-5-4-6-12(9-11)16(10-14(17)18)21(19,20)13-7-2-1-3-8-13/h1-9H,10H2,(H,17,18)/p-1. The first-order valence-corrected chi connectivity index (χ1v) is 7.76. The molecule has 21 heavy (non-hydrogen) atoms. The van der Waals surface area contributed by atoms with Crippen LogP contribution in [-0.2, 0) is 14.8 Å². The summed E-state index contributed by atoms with van der Waals surface area (Å²) >= 11 is 5.84. The monoisotopic (exact) mass is 324 g/mol. The molecule has 0 aliphatic rings. The molecule has 2 rings (SSSR count). The van der Waals surface area contributed by atoms with E-state index in [2.05, 4.69) is 0 Å². The van der Waals surface area contributed by atoms with Gasteiger partial charge in [-0.25, -0.2) is 8.42 Å². The van der Waals surface area contributed by atoms with E-state index < -0.39 is 22.5 Å². The number of hydrogen-bond acceptors (Lipinski definition) is 4. The zero-order valence-corrected chi connectivity index (χ0v) is 12.3. The third-order valence-electron chi connectivity index (χ3n) is 2.70. The number of nitrogens with zero attached hydrogens (tertiary/aromatic N) is 1. The molecule has 0 spiro atoms. The van der Waals surface area contributed by atoms with Crippen LogP contribution in [0.25, 0.3) is 0 Å². The van der Waals surface area contributed by atoms with Crippen LogP contribution in [0.3, 0.4) is 0 Å². The predicted octanol–water partition coefficient (Wildman–Crippen LogP) is 1.29. The van der Waals surface area contributed by atoms with Gasteiger partial charge in [-0.05, 0) is 30.3 Å². The van der Waals surface area contributed by atoms with Crippen LogP contribution in [0.2, 0.25) is 5.02 Å². The third-order valence-corrected chi connectivity index (χ3v) is 4.72. The Kier molecular flexibility index (Phi) is 4.50. The third kappa shape index (κ3) is 3.53. The molecule has 0 aliphatic heterocycles. The van der Waals surface area contributed by atoms with Crippen molar-refractivity contribution in [1.29, 1.82) is 0 Å². The highest BCUT2D eigenvalue weighted by Gasteiger charge is 2.24. The second kappa shape index (κ2) is 6.15. The number of rotatable bonds is 5. The molecule has 0 bridgehead atoms. The molecule has 0 aliphatic carbocycles. The van der Waals surface area contributed by atoms with Crippen LogP contribution >= 0.6 is 11.6 Å². The van der Waals surface area contributed by atoms with Crippen molar-refractivity contribution in [2.75, 3.05) is 10.8 Å². The summed E-state index contributed by atoms with van der Waals surface area (Å²) < 4.78 is 25.9.